The number of likely N-dealkylation sites (N-methyl/N-ethyl adjacent to an activating group) is 1. The van der Waals surface area contributed by atoms with E-state index < -0.39 is 0 Å². The molecule has 0 spiro atoms. The fraction of sp³-hybridized carbons (Fsp3) is 0.600. The molecule has 0 amide bonds. The first-order valence-electron chi connectivity index (χ1n) is 6.37. The van der Waals surface area contributed by atoms with Gasteiger partial charge < -0.3 is 10.1 Å². The first kappa shape index (κ1) is 14.2. The Balaban J connectivity index is 2.78. The summed E-state index contributed by atoms with van der Waals surface area (Å²) in [6, 6.07) is 8.59. The fourth-order valence-electron chi connectivity index (χ4n) is 1.71. The lowest BCUT2D eigenvalue weighted by Crippen LogP contribution is -2.30. The Kier molecular flexibility index (Phi) is 5.16. The molecular formula is C15H25NO. The molecule has 1 aromatic carbocycles. The minimum Gasteiger partial charge on any atom is -0.367 e. The van der Waals surface area contributed by atoms with E-state index in [1.165, 1.54) is 11.1 Å². The van der Waals surface area contributed by atoms with E-state index in [4.69, 9.17) is 4.74 Å². The van der Waals surface area contributed by atoms with E-state index in [-0.39, 0.29) is 11.7 Å². The topological polar surface area (TPSA) is 21.3 Å². The Hall–Kier alpha value is -0.860. The maximum Gasteiger partial charge on any atom is 0.0956 e. The molecule has 1 unspecified atom stereocenters. The third-order valence-corrected chi connectivity index (χ3v) is 2.52. The van der Waals surface area contributed by atoms with Crippen molar-refractivity contribution in [3.8, 4) is 0 Å². The number of ether oxygens (including phenoxy) is 1. The van der Waals surface area contributed by atoms with Gasteiger partial charge in [-0.25, -0.2) is 0 Å². The Morgan fingerprint density at radius 1 is 1.18 bits per heavy atom. The zero-order valence-electron chi connectivity index (χ0n) is 11.7. The van der Waals surface area contributed by atoms with Gasteiger partial charge in [0.25, 0.3) is 0 Å². The second-order valence-electron chi connectivity index (χ2n) is 5.44. The highest BCUT2D eigenvalue weighted by molar-refractivity contribution is 5.23. The molecule has 0 radical (unpaired) electrons. The van der Waals surface area contributed by atoms with Crippen LogP contribution in [-0.4, -0.2) is 18.7 Å². The molecule has 0 saturated heterocycles. The van der Waals surface area contributed by atoms with Crippen LogP contribution in [0.2, 0.25) is 0 Å². The minimum absolute atomic E-state index is 0.120. The number of hydrogen-bond acceptors (Lipinski definition) is 2. The van der Waals surface area contributed by atoms with E-state index in [1.54, 1.807) is 0 Å². The van der Waals surface area contributed by atoms with Crippen LogP contribution in [0.1, 0.15) is 44.9 Å². The van der Waals surface area contributed by atoms with E-state index in [2.05, 4.69) is 64.2 Å². The molecule has 1 rings (SSSR count). The van der Waals surface area contributed by atoms with E-state index in [0.717, 1.165) is 13.1 Å². The molecule has 0 saturated carbocycles. The van der Waals surface area contributed by atoms with E-state index in [1.807, 2.05) is 0 Å². The number of rotatable bonds is 5. The van der Waals surface area contributed by atoms with Crippen molar-refractivity contribution in [1.29, 1.82) is 0 Å². The van der Waals surface area contributed by atoms with Gasteiger partial charge in [-0.15, -0.1) is 0 Å². The summed E-state index contributed by atoms with van der Waals surface area (Å²) in [7, 11) is 0. The molecule has 96 valence electrons. The molecule has 1 aromatic rings. The van der Waals surface area contributed by atoms with Crippen molar-refractivity contribution < 1.29 is 4.74 Å². The van der Waals surface area contributed by atoms with Gasteiger partial charge >= 0.3 is 0 Å². The highest BCUT2D eigenvalue weighted by Crippen LogP contribution is 2.23. The molecule has 0 bridgehead atoms. The van der Waals surface area contributed by atoms with Crippen LogP contribution in [0.3, 0.4) is 0 Å². The van der Waals surface area contributed by atoms with Crippen LogP contribution in [-0.2, 0) is 4.74 Å². The number of nitrogens with one attached hydrogen (secondary N) is 1. The van der Waals surface area contributed by atoms with Gasteiger partial charge in [0.1, 0.15) is 0 Å². The third-order valence-electron chi connectivity index (χ3n) is 2.52. The van der Waals surface area contributed by atoms with Crippen LogP contribution in [0.15, 0.2) is 24.3 Å². The molecule has 0 fully saturated rings. The van der Waals surface area contributed by atoms with Crippen molar-refractivity contribution in [3.05, 3.63) is 35.4 Å². The largest absolute Gasteiger partial charge is 0.367 e. The lowest BCUT2D eigenvalue weighted by molar-refractivity contribution is -0.0604. The predicted molar refractivity (Wildman–Crippen MR) is 73.3 cm³/mol. The fourth-order valence-corrected chi connectivity index (χ4v) is 1.71. The zero-order chi connectivity index (χ0) is 12.9. The SMILES string of the molecule is CCNCC(OC(C)(C)C)c1ccc(C)cc1. The smallest absolute Gasteiger partial charge is 0.0956 e. The van der Waals surface area contributed by atoms with Gasteiger partial charge in [0.2, 0.25) is 0 Å². The Morgan fingerprint density at radius 3 is 2.24 bits per heavy atom. The molecule has 0 aliphatic rings. The lowest BCUT2D eigenvalue weighted by Gasteiger charge is -2.28. The summed E-state index contributed by atoms with van der Waals surface area (Å²) in [5.41, 5.74) is 2.41. The monoisotopic (exact) mass is 235 g/mol. The zero-order valence-corrected chi connectivity index (χ0v) is 11.7. The molecule has 0 aromatic heterocycles. The second-order valence-corrected chi connectivity index (χ2v) is 5.44. The highest BCUT2D eigenvalue weighted by atomic mass is 16.5. The summed E-state index contributed by atoms with van der Waals surface area (Å²) in [5, 5.41) is 3.36. The Morgan fingerprint density at radius 2 is 1.76 bits per heavy atom. The van der Waals surface area contributed by atoms with Gasteiger partial charge in [-0.05, 0) is 39.8 Å². The molecule has 2 nitrogen and oxygen atoms in total. The van der Waals surface area contributed by atoms with Crippen molar-refractivity contribution in [2.24, 2.45) is 0 Å². The summed E-state index contributed by atoms with van der Waals surface area (Å²) in [6.45, 7) is 12.3. The van der Waals surface area contributed by atoms with Crippen LogP contribution in [0.4, 0.5) is 0 Å². The Labute approximate surface area is 105 Å². The Bertz CT molecular complexity index is 324. The maximum absolute atomic E-state index is 6.10. The summed E-state index contributed by atoms with van der Waals surface area (Å²) in [6.07, 6.45) is 0.121. The molecular weight excluding hydrogens is 210 g/mol. The van der Waals surface area contributed by atoms with Crippen molar-refractivity contribution >= 4 is 0 Å². The maximum atomic E-state index is 6.10. The van der Waals surface area contributed by atoms with Crippen LogP contribution >= 0.6 is 0 Å². The third kappa shape index (κ3) is 5.33. The van der Waals surface area contributed by atoms with Gasteiger partial charge in [-0.1, -0.05) is 36.8 Å². The molecule has 1 atom stereocenters. The van der Waals surface area contributed by atoms with Crippen LogP contribution in [0.5, 0.6) is 0 Å². The molecule has 17 heavy (non-hydrogen) atoms. The average molecular weight is 235 g/mol. The molecule has 0 aliphatic heterocycles. The minimum atomic E-state index is -0.120. The molecule has 0 heterocycles. The van der Waals surface area contributed by atoms with Crippen LogP contribution in [0, 0.1) is 6.92 Å². The summed E-state index contributed by atoms with van der Waals surface area (Å²) in [5.74, 6) is 0. The first-order chi connectivity index (χ1) is 7.92. The normalized spacial score (nSPS) is 13.7. The number of aryl methyl sites for hydroxylation is 1. The van der Waals surface area contributed by atoms with Crippen LogP contribution < -0.4 is 5.32 Å². The van der Waals surface area contributed by atoms with Crippen molar-refractivity contribution in [1.82, 2.24) is 5.32 Å². The van der Waals surface area contributed by atoms with E-state index in [9.17, 15) is 0 Å². The molecule has 0 aliphatic carbocycles. The van der Waals surface area contributed by atoms with Gasteiger partial charge in [-0.2, -0.15) is 0 Å². The average Bonchev–Trinajstić information content (AvgIpc) is 2.24. The van der Waals surface area contributed by atoms with Gasteiger partial charge in [0, 0.05) is 6.54 Å². The second kappa shape index (κ2) is 6.18. The van der Waals surface area contributed by atoms with Gasteiger partial charge in [0.15, 0.2) is 0 Å². The summed E-state index contributed by atoms with van der Waals surface area (Å²) < 4.78 is 6.10. The lowest BCUT2D eigenvalue weighted by atomic mass is 10.1. The number of hydrogen-bond donors (Lipinski definition) is 1. The number of benzene rings is 1. The molecule has 1 N–H and O–H groups in total. The van der Waals surface area contributed by atoms with Crippen molar-refractivity contribution in [2.75, 3.05) is 13.1 Å². The quantitative estimate of drug-likeness (QED) is 0.844. The van der Waals surface area contributed by atoms with Crippen LogP contribution in [0.25, 0.3) is 0 Å². The van der Waals surface area contributed by atoms with Gasteiger partial charge in [0.05, 0.1) is 11.7 Å². The molecule has 2 heteroatoms. The van der Waals surface area contributed by atoms with Gasteiger partial charge in [-0.3, -0.25) is 0 Å². The van der Waals surface area contributed by atoms with Crippen molar-refractivity contribution in [2.45, 2.75) is 46.3 Å². The summed E-state index contributed by atoms with van der Waals surface area (Å²) >= 11 is 0. The highest BCUT2D eigenvalue weighted by Gasteiger charge is 2.19. The van der Waals surface area contributed by atoms with E-state index in [0.29, 0.717) is 0 Å². The standard InChI is InChI=1S/C15H25NO/c1-6-16-11-14(17-15(3,4)5)13-9-7-12(2)8-10-13/h7-10,14,16H,6,11H2,1-5H3. The predicted octanol–water partition coefficient (Wildman–Crippen LogP) is 3.46. The summed E-state index contributed by atoms with van der Waals surface area (Å²) in [4.78, 5) is 0. The first-order valence-corrected chi connectivity index (χ1v) is 6.37. The van der Waals surface area contributed by atoms with Crippen molar-refractivity contribution in [3.63, 3.8) is 0 Å². The van der Waals surface area contributed by atoms with E-state index >= 15 is 0 Å².